The summed E-state index contributed by atoms with van der Waals surface area (Å²) in [7, 11) is 0. The number of hydrogen-bond acceptors (Lipinski definition) is 4. The Morgan fingerprint density at radius 2 is 1.54 bits per heavy atom. The van der Waals surface area contributed by atoms with Crippen molar-refractivity contribution in [3.8, 4) is 11.3 Å². The molecule has 1 saturated heterocycles. The fourth-order valence-corrected chi connectivity index (χ4v) is 3.81. The van der Waals surface area contributed by atoms with Gasteiger partial charge < -0.3 is 4.42 Å². The molecule has 3 aromatic rings. The van der Waals surface area contributed by atoms with E-state index >= 15 is 0 Å². The Hall–Kier alpha value is -2.47. The molecule has 140 valence electrons. The molecule has 0 bridgehead atoms. The molecule has 1 aliphatic rings. The Kier molecular flexibility index (Phi) is 5.31. The van der Waals surface area contributed by atoms with E-state index in [1.54, 1.807) is 48.5 Å². The van der Waals surface area contributed by atoms with Crippen LogP contribution in [0.15, 0.2) is 70.0 Å². The van der Waals surface area contributed by atoms with Gasteiger partial charge in [-0.2, -0.15) is 0 Å². The number of hydrogen-bond donors (Lipinski definition) is 0. The highest BCUT2D eigenvalue weighted by atomic mass is 35.5. The SMILES string of the molecule is O=C1S/C(=C\c2ccc(-c3ccc(Cl)cc3)o2)C(=O)N1Cc1ccc(Cl)cc1. The maximum atomic E-state index is 12.6. The van der Waals surface area contributed by atoms with E-state index in [4.69, 9.17) is 27.6 Å². The topological polar surface area (TPSA) is 50.5 Å². The molecular formula is C21H13Cl2NO3S. The first-order chi connectivity index (χ1) is 13.5. The molecule has 0 saturated carbocycles. The third-order valence-electron chi connectivity index (χ3n) is 4.16. The lowest BCUT2D eigenvalue weighted by Gasteiger charge is -2.12. The summed E-state index contributed by atoms with van der Waals surface area (Å²) in [5, 5.41) is 0.938. The number of carbonyl (C=O) groups is 2. The van der Waals surface area contributed by atoms with Crippen molar-refractivity contribution in [2.45, 2.75) is 6.54 Å². The summed E-state index contributed by atoms with van der Waals surface area (Å²) in [5.41, 5.74) is 1.70. The fraction of sp³-hybridized carbons (Fsp3) is 0.0476. The number of rotatable bonds is 4. The highest BCUT2D eigenvalue weighted by molar-refractivity contribution is 8.18. The summed E-state index contributed by atoms with van der Waals surface area (Å²) in [6, 6.07) is 17.9. The molecule has 0 radical (unpaired) electrons. The number of benzene rings is 2. The molecule has 1 aromatic heterocycles. The highest BCUT2D eigenvalue weighted by Crippen LogP contribution is 2.34. The summed E-state index contributed by atoms with van der Waals surface area (Å²) >= 11 is 12.7. The summed E-state index contributed by atoms with van der Waals surface area (Å²) in [6.45, 7) is 0.202. The van der Waals surface area contributed by atoms with Gasteiger partial charge >= 0.3 is 0 Å². The van der Waals surface area contributed by atoms with Crippen LogP contribution >= 0.6 is 35.0 Å². The maximum Gasteiger partial charge on any atom is 0.293 e. The van der Waals surface area contributed by atoms with Crippen LogP contribution < -0.4 is 0 Å². The normalized spacial score (nSPS) is 15.6. The fourth-order valence-electron chi connectivity index (χ4n) is 2.74. The number of nitrogens with zero attached hydrogens (tertiary/aromatic N) is 1. The number of carbonyl (C=O) groups excluding carboxylic acids is 2. The molecule has 1 aliphatic heterocycles. The molecule has 0 aliphatic carbocycles. The number of furan rings is 1. The van der Waals surface area contributed by atoms with Gasteiger partial charge in [-0.1, -0.05) is 35.3 Å². The quantitative estimate of drug-likeness (QED) is 0.444. The molecule has 2 aromatic carbocycles. The van der Waals surface area contributed by atoms with Crippen molar-refractivity contribution >= 4 is 52.2 Å². The average molecular weight is 430 g/mol. The average Bonchev–Trinajstić information content (AvgIpc) is 3.24. The molecule has 2 amide bonds. The van der Waals surface area contributed by atoms with Gasteiger partial charge in [0.25, 0.3) is 11.1 Å². The van der Waals surface area contributed by atoms with E-state index in [-0.39, 0.29) is 17.7 Å². The number of thioether (sulfide) groups is 1. The van der Waals surface area contributed by atoms with Gasteiger partial charge in [-0.15, -0.1) is 0 Å². The lowest BCUT2D eigenvalue weighted by molar-refractivity contribution is -0.123. The molecule has 2 heterocycles. The Balaban J connectivity index is 1.52. The third kappa shape index (κ3) is 4.02. The number of imide groups is 1. The minimum Gasteiger partial charge on any atom is -0.457 e. The molecule has 0 unspecified atom stereocenters. The second kappa shape index (κ2) is 7.87. The summed E-state index contributed by atoms with van der Waals surface area (Å²) in [4.78, 5) is 26.5. The van der Waals surface area contributed by atoms with Crippen LogP contribution in [0.2, 0.25) is 10.0 Å². The van der Waals surface area contributed by atoms with E-state index in [0.717, 1.165) is 22.9 Å². The first-order valence-electron chi connectivity index (χ1n) is 8.35. The second-order valence-corrected chi connectivity index (χ2v) is 7.97. The van der Waals surface area contributed by atoms with Crippen LogP contribution in [0.3, 0.4) is 0 Å². The highest BCUT2D eigenvalue weighted by Gasteiger charge is 2.35. The van der Waals surface area contributed by atoms with Crippen LogP contribution in [-0.2, 0) is 11.3 Å². The summed E-state index contributed by atoms with van der Waals surface area (Å²) < 4.78 is 5.79. The Morgan fingerprint density at radius 3 is 2.21 bits per heavy atom. The van der Waals surface area contributed by atoms with E-state index in [1.165, 1.54) is 4.90 Å². The van der Waals surface area contributed by atoms with Gasteiger partial charge in [-0.05, 0) is 65.9 Å². The van der Waals surface area contributed by atoms with E-state index in [9.17, 15) is 9.59 Å². The molecule has 4 rings (SSSR count). The predicted octanol–water partition coefficient (Wildman–Crippen LogP) is 6.49. The maximum absolute atomic E-state index is 12.6. The van der Waals surface area contributed by atoms with Gasteiger partial charge in [0, 0.05) is 21.7 Å². The molecule has 0 N–H and O–H groups in total. The molecule has 28 heavy (non-hydrogen) atoms. The Bertz CT molecular complexity index is 1070. The first kappa shape index (κ1) is 18.9. The number of halogens is 2. The van der Waals surface area contributed by atoms with Crippen molar-refractivity contribution in [1.82, 2.24) is 4.90 Å². The molecule has 7 heteroatoms. The van der Waals surface area contributed by atoms with Gasteiger partial charge in [-0.25, -0.2) is 0 Å². The van der Waals surface area contributed by atoms with E-state index in [1.807, 2.05) is 18.2 Å². The van der Waals surface area contributed by atoms with Crippen LogP contribution in [0.25, 0.3) is 17.4 Å². The molecule has 0 spiro atoms. The van der Waals surface area contributed by atoms with Crippen LogP contribution in [0, 0.1) is 0 Å². The lowest BCUT2D eigenvalue weighted by atomic mass is 10.2. The zero-order valence-electron chi connectivity index (χ0n) is 14.4. The third-order valence-corrected chi connectivity index (χ3v) is 5.57. The van der Waals surface area contributed by atoms with Crippen LogP contribution in [0.5, 0.6) is 0 Å². The minimum atomic E-state index is -0.339. The molecular weight excluding hydrogens is 417 g/mol. The largest absolute Gasteiger partial charge is 0.457 e. The molecule has 0 atom stereocenters. The van der Waals surface area contributed by atoms with Crippen molar-refractivity contribution < 1.29 is 14.0 Å². The zero-order chi connectivity index (χ0) is 19.7. The van der Waals surface area contributed by atoms with Gasteiger partial charge in [0.1, 0.15) is 11.5 Å². The van der Waals surface area contributed by atoms with E-state index in [2.05, 4.69) is 0 Å². The van der Waals surface area contributed by atoms with Crippen molar-refractivity contribution in [1.29, 1.82) is 0 Å². The van der Waals surface area contributed by atoms with E-state index < -0.39 is 0 Å². The summed E-state index contributed by atoms with van der Waals surface area (Å²) in [6.07, 6.45) is 1.59. The van der Waals surface area contributed by atoms with Crippen molar-refractivity contribution in [3.63, 3.8) is 0 Å². The first-order valence-corrected chi connectivity index (χ1v) is 9.92. The van der Waals surface area contributed by atoms with Gasteiger partial charge in [0.15, 0.2) is 0 Å². The van der Waals surface area contributed by atoms with Crippen molar-refractivity contribution in [2.75, 3.05) is 0 Å². The minimum absolute atomic E-state index is 0.202. The monoisotopic (exact) mass is 429 g/mol. The van der Waals surface area contributed by atoms with E-state index in [0.29, 0.717) is 26.5 Å². The predicted molar refractivity (Wildman–Crippen MR) is 112 cm³/mol. The van der Waals surface area contributed by atoms with Crippen LogP contribution in [0.4, 0.5) is 4.79 Å². The van der Waals surface area contributed by atoms with Gasteiger partial charge in [-0.3, -0.25) is 14.5 Å². The van der Waals surface area contributed by atoms with Crippen molar-refractivity contribution in [2.24, 2.45) is 0 Å². The molecule has 1 fully saturated rings. The van der Waals surface area contributed by atoms with Crippen LogP contribution in [-0.4, -0.2) is 16.0 Å². The second-order valence-electron chi connectivity index (χ2n) is 6.10. The summed E-state index contributed by atoms with van der Waals surface area (Å²) in [5.74, 6) is 0.819. The van der Waals surface area contributed by atoms with Gasteiger partial charge in [0.05, 0.1) is 11.4 Å². The number of amides is 2. The lowest BCUT2D eigenvalue weighted by Crippen LogP contribution is -2.27. The smallest absolute Gasteiger partial charge is 0.293 e. The zero-order valence-corrected chi connectivity index (χ0v) is 16.7. The van der Waals surface area contributed by atoms with Gasteiger partial charge in [0.2, 0.25) is 0 Å². The molecule has 4 nitrogen and oxygen atoms in total. The van der Waals surface area contributed by atoms with Crippen molar-refractivity contribution in [3.05, 3.63) is 86.9 Å². The Morgan fingerprint density at radius 1 is 0.893 bits per heavy atom. The Labute approximate surface area is 175 Å². The standard InChI is InChI=1S/C21H13Cl2NO3S/c22-15-5-1-13(2-6-15)12-24-20(25)19(28-21(24)26)11-17-9-10-18(27-17)14-3-7-16(23)8-4-14/h1-11H,12H2/b19-11-. The van der Waals surface area contributed by atoms with Crippen LogP contribution in [0.1, 0.15) is 11.3 Å².